The summed E-state index contributed by atoms with van der Waals surface area (Å²) in [5, 5.41) is 39.4. The highest BCUT2D eigenvalue weighted by Gasteiger charge is 2.44. The average molecular weight is 404 g/mol. The molecule has 1 amide bonds. The molecular formula is C18H24N6O5. The van der Waals surface area contributed by atoms with Gasteiger partial charge in [-0.15, -0.1) is 0 Å². The molecule has 0 unspecified atom stereocenters. The van der Waals surface area contributed by atoms with Gasteiger partial charge in [0, 0.05) is 18.7 Å². The van der Waals surface area contributed by atoms with Gasteiger partial charge in [0.05, 0.1) is 17.6 Å². The number of anilines is 1. The number of aliphatic hydroxyl groups is 3. The van der Waals surface area contributed by atoms with E-state index < -0.39 is 36.6 Å². The Balaban J connectivity index is 1.82. The summed E-state index contributed by atoms with van der Waals surface area (Å²) in [4.78, 5) is 21.1. The molecule has 29 heavy (non-hydrogen) atoms. The van der Waals surface area contributed by atoms with Crippen LogP contribution in [0.15, 0.2) is 17.6 Å². The van der Waals surface area contributed by atoms with Gasteiger partial charge >= 0.3 is 0 Å². The molecule has 2 aromatic heterocycles. The first-order valence-electron chi connectivity index (χ1n) is 9.25. The molecule has 2 aromatic rings. The lowest BCUT2D eigenvalue weighted by Crippen LogP contribution is -2.41. The van der Waals surface area contributed by atoms with Crippen LogP contribution in [-0.2, 0) is 9.53 Å². The smallest absolute Gasteiger partial charge is 0.230 e. The average Bonchev–Trinajstić information content (AvgIpc) is 3.18. The van der Waals surface area contributed by atoms with Crippen LogP contribution in [0.5, 0.6) is 0 Å². The zero-order valence-electron chi connectivity index (χ0n) is 16.6. The fourth-order valence-electron chi connectivity index (χ4n) is 3.44. The number of rotatable bonds is 2. The van der Waals surface area contributed by atoms with Gasteiger partial charge in [0.25, 0.3) is 0 Å². The predicted octanol–water partition coefficient (Wildman–Crippen LogP) is -0.683. The van der Waals surface area contributed by atoms with E-state index in [2.05, 4.69) is 20.4 Å². The Hall–Kier alpha value is -2.60. The molecule has 4 atom stereocenters. The summed E-state index contributed by atoms with van der Waals surface area (Å²) in [5.41, 5.74) is 0.396. The number of aliphatic hydroxyl groups excluding tert-OH is 3. The lowest BCUT2D eigenvalue weighted by atomic mass is 9.95. The lowest BCUT2D eigenvalue weighted by Gasteiger charge is -2.23. The van der Waals surface area contributed by atoms with Crippen LogP contribution in [0.2, 0.25) is 0 Å². The number of carbonyl (C=O) groups is 1. The second-order valence-electron chi connectivity index (χ2n) is 8.25. The minimum Gasteiger partial charge on any atom is -0.394 e. The highest BCUT2D eigenvalue weighted by molar-refractivity contribution is 6.18. The van der Waals surface area contributed by atoms with Crippen molar-refractivity contribution in [2.75, 3.05) is 18.7 Å². The molecule has 0 radical (unpaired) electrons. The van der Waals surface area contributed by atoms with Crippen molar-refractivity contribution in [2.24, 2.45) is 10.5 Å². The number of nitrogens with one attached hydrogen (secondary N) is 1. The van der Waals surface area contributed by atoms with E-state index >= 15 is 0 Å². The first-order chi connectivity index (χ1) is 13.6. The number of nitrogens with zero attached hydrogens (tertiary/aromatic N) is 5. The minimum absolute atomic E-state index is 0.209. The Morgan fingerprint density at radius 2 is 2.00 bits per heavy atom. The fourth-order valence-corrected chi connectivity index (χ4v) is 3.44. The summed E-state index contributed by atoms with van der Waals surface area (Å²) in [6.07, 6.45) is -1.38. The summed E-state index contributed by atoms with van der Waals surface area (Å²) in [6.45, 7) is 4.96. The topological polar surface area (TPSA) is 145 Å². The largest absolute Gasteiger partial charge is 0.394 e. The van der Waals surface area contributed by atoms with E-state index in [0.717, 1.165) is 0 Å². The quantitative estimate of drug-likeness (QED) is 0.515. The first kappa shape index (κ1) is 19.7. The third-order valence-electron chi connectivity index (χ3n) is 5.11. The van der Waals surface area contributed by atoms with Crippen molar-refractivity contribution < 1.29 is 24.9 Å². The summed E-state index contributed by atoms with van der Waals surface area (Å²) >= 11 is 0. The number of aromatic nitrogens is 3. The third-order valence-corrected chi connectivity index (χ3v) is 5.11. The van der Waals surface area contributed by atoms with E-state index in [0.29, 0.717) is 28.3 Å². The molecule has 0 saturated carbocycles. The maximum atomic E-state index is 12.5. The van der Waals surface area contributed by atoms with Gasteiger partial charge in [0.15, 0.2) is 17.9 Å². The molecule has 4 rings (SSSR count). The van der Waals surface area contributed by atoms with Crippen molar-refractivity contribution in [3.05, 3.63) is 18.1 Å². The fraction of sp³-hybridized carbons (Fsp3) is 0.556. The van der Waals surface area contributed by atoms with E-state index in [1.165, 1.54) is 11.3 Å². The molecule has 156 valence electrons. The van der Waals surface area contributed by atoms with Crippen molar-refractivity contribution in [1.29, 1.82) is 0 Å². The van der Waals surface area contributed by atoms with Crippen LogP contribution in [0.3, 0.4) is 0 Å². The number of carbonyl (C=O) groups excluding carboxylic acids is 1. The molecule has 2 aliphatic rings. The summed E-state index contributed by atoms with van der Waals surface area (Å²) in [5.74, 6) is 0.647. The van der Waals surface area contributed by atoms with Crippen LogP contribution in [0.1, 0.15) is 32.6 Å². The molecule has 4 heterocycles. The van der Waals surface area contributed by atoms with Gasteiger partial charge in [-0.2, -0.15) is 5.10 Å². The number of hydrazone groups is 1. The number of ether oxygens (including phenoxy) is 1. The van der Waals surface area contributed by atoms with E-state index in [9.17, 15) is 20.1 Å². The Kier molecular flexibility index (Phi) is 4.57. The second kappa shape index (κ2) is 6.73. The molecule has 1 fully saturated rings. The van der Waals surface area contributed by atoms with Gasteiger partial charge in [-0.25, -0.2) is 15.0 Å². The van der Waals surface area contributed by atoms with Crippen LogP contribution in [0, 0.1) is 5.41 Å². The number of amides is 1. The van der Waals surface area contributed by atoms with Gasteiger partial charge < -0.3 is 29.9 Å². The molecule has 0 aromatic carbocycles. The molecule has 11 nitrogen and oxygen atoms in total. The molecule has 0 aliphatic carbocycles. The molecule has 11 heteroatoms. The summed E-state index contributed by atoms with van der Waals surface area (Å²) in [6, 6.07) is 0. The lowest BCUT2D eigenvalue weighted by molar-refractivity contribution is -0.126. The summed E-state index contributed by atoms with van der Waals surface area (Å²) < 4.78 is 7.22. The van der Waals surface area contributed by atoms with Crippen LogP contribution in [-0.4, -0.2) is 73.6 Å². The van der Waals surface area contributed by atoms with Gasteiger partial charge in [-0.1, -0.05) is 20.8 Å². The van der Waals surface area contributed by atoms with Crippen molar-refractivity contribution in [3.63, 3.8) is 0 Å². The molecular weight excluding hydrogens is 380 g/mol. The van der Waals surface area contributed by atoms with Gasteiger partial charge in [-0.05, 0) is 0 Å². The Morgan fingerprint density at radius 1 is 1.28 bits per heavy atom. The molecule has 0 spiro atoms. The van der Waals surface area contributed by atoms with Crippen LogP contribution < -0.4 is 10.3 Å². The monoisotopic (exact) mass is 404 g/mol. The summed E-state index contributed by atoms with van der Waals surface area (Å²) in [7, 11) is 1.71. The zero-order chi connectivity index (χ0) is 21.1. The normalized spacial score (nSPS) is 26.7. The molecule has 4 N–H and O–H groups in total. The van der Waals surface area contributed by atoms with Crippen LogP contribution in [0.4, 0.5) is 5.82 Å². The van der Waals surface area contributed by atoms with Gasteiger partial charge in [0.1, 0.15) is 30.3 Å². The van der Waals surface area contributed by atoms with E-state index in [1.807, 2.05) is 0 Å². The van der Waals surface area contributed by atoms with E-state index in [-0.39, 0.29) is 5.91 Å². The van der Waals surface area contributed by atoms with Gasteiger partial charge in [-0.3, -0.25) is 4.79 Å². The van der Waals surface area contributed by atoms with Gasteiger partial charge in [0.2, 0.25) is 5.91 Å². The van der Waals surface area contributed by atoms with Crippen molar-refractivity contribution in [1.82, 2.24) is 19.9 Å². The van der Waals surface area contributed by atoms with Crippen LogP contribution in [0.25, 0.3) is 11.0 Å². The van der Waals surface area contributed by atoms with Crippen molar-refractivity contribution in [2.45, 2.75) is 45.3 Å². The Bertz CT molecular complexity index is 997. The van der Waals surface area contributed by atoms with Crippen molar-refractivity contribution in [3.8, 4) is 0 Å². The maximum absolute atomic E-state index is 12.5. The molecule has 1 saturated heterocycles. The van der Waals surface area contributed by atoms with Crippen molar-refractivity contribution >= 4 is 28.6 Å². The Labute approximate surface area is 166 Å². The predicted molar refractivity (Wildman–Crippen MR) is 103 cm³/mol. The Morgan fingerprint density at radius 3 is 2.62 bits per heavy atom. The zero-order valence-corrected chi connectivity index (χ0v) is 16.6. The molecule has 0 bridgehead atoms. The standard InChI is InChI=1S/C18H24N6O5/c1-18(2,3)17(28)21-13-8-5-24(16-12(27)11(26)9(6-25)29-16)15-10(8)14(19-7-20-15)23(4)22-13/h5,7,9,11-12,16,25-27H,6H2,1-4H3,(H,21,22,28)/t9-,11-,12-,16-/m1/s1. The SMILES string of the molecule is CN1N=C(NC(=O)C(C)(C)C)c2cn([C@@H]3O[C@H](CO)[C@@H](O)[C@H]3O)c3ncnc1c23. The first-order valence-corrected chi connectivity index (χ1v) is 9.25. The van der Waals surface area contributed by atoms with E-state index in [4.69, 9.17) is 4.74 Å². The minimum atomic E-state index is -1.27. The third kappa shape index (κ3) is 3.06. The highest BCUT2D eigenvalue weighted by atomic mass is 16.6. The second-order valence-corrected chi connectivity index (χ2v) is 8.25. The van der Waals surface area contributed by atoms with Crippen LogP contribution >= 0.6 is 0 Å². The highest BCUT2D eigenvalue weighted by Crippen LogP contribution is 2.37. The number of hydrogen-bond acceptors (Lipinski definition) is 9. The number of amidine groups is 1. The maximum Gasteiger partial charge on any atom is 0.230 e. The van der Waals surface area contributed by atoms with E-state index in [1.54, 1.807) is 38.6 Å². The molecule has 2 aliphatic heterocycles. The number of hydrogen-bond donors (Lipinski definition) is 4.